The van der Waals surface area contributed by atoms with Gasteiger partial charge in [0.05, 0.1) is 11.7 Å². The van der Waals surface area contributed by atoms with Crippen LogP contribution in [0.3, 0.4) is 0 Å². The minimum atomic E-state index is -0.241. The van der Waals surface area contributed by atoms with E-state index in [1.165, 1.54) is 0 Å². The van der Waals surface area contributed by atoms with Gasteiger partial charge in [-0.25, -0.2) is 0 Å². The first-order valence-electron chi connectivity index (χ1n) is 6.45. The highest BCUT2D eigenvalue weighted by Gasteiger charge is 2.40. The Morgan fingerprint density at radius 1 is 1.47 bits per heavy atom. The van der Waals surface area contributed by atoms with Crippen LogP contribution in [0.2, 0.25) is 0 Å². The molecule has 3 N–H and O–H groups in total. The maximum Gasteiger partial charge on any atom is 0.223 e. The molecule has 2 fully saturated rings. The van der Waals surface area contributed by atoms with E-state index in [0.29, 0.717) is 26.0 Å². The number of aliphatic hydroxyl groups is 1. The Bertz CT molecular complexity index is 275. The van der Waals surface area contributed by atoms with Crippen LogP contribution in [0.25, 0.3) is 0 Å². The second kappa shape index (κ2) is 5.33. The van der Waals surface area contributed by atoms with Gasteiger partial charge < -0.3 is 20.5 Å². The van der Waals surface area contributed by atoms with Crippen molar-refractivity contribution in [2.75, 3.05) is 26.2 Å². The molecule has 0 saturated carbocycles. The third kappa shape index (κ3) is 2.97. The molecule has 0 radical (unpaired) electrons. The Morgan fingerprint density at radius 3 is 2.76 bits per heavy atom. The SMILES string of the molecule is NCCC(=O)N1CCC2(CC1)C[C@H](O)CCO2. The third-order valence-electron chi connectivity index (χ3n) is 3.85. The molecule has 0 aromatic rings. The molecule has 2 aliphatic rings. The Labute approximate surface area is 102 Å². The largest absolute Gasteiger partial charge is 0.393 e. The number of hydrogen-bond acceptors (Lipinski definition) is 4. The van der Waals surface area contributed by atoms with Gasteiger partial charge in [-0.2, -0.15) is 0 Å². The number of hydrogen-bond donors (Lipinski definition) is 2. The van der Waals surface area contributed by atoms with Crippen molar-refractivity contribution in [2.45, 2.75) is 43.8 Å². The standard InChI is InChI=1S/C12H22N2O3/c13-5-1-11(16)14-6-3-12(4-7-14)9-10(15)2-8-17-12/h10,15H,1-9,13H2/t10-/m1/s1. The highest BCUT2D eigenvalue weighted by Crippen LogP contribution is 2.35. The van der Waals surface area contributed by atoms with E-state index in [2.05, 4.69) is 0 Å². The van der Waals surface area contributed by atoms with Crippen LogP contribution in [0.4, 0.5) is 0 Å². The number of aliphatic hydroxyl groups excluding tert-OH is 1. The fourth-order valence-corrected chi connectivity index (χ4v) is 2.80. The van der Waals surface area contributed by atoms with Gasteiger partial charge in [0, 0.05) is 39.1 Å². The zero-order valence-corrected chi connectivity index (χ0v) is 10.2. The normalized spacial score (nSPS) is 28.4. The Balaban J connectivity index is 1.86. The molecule has 0 bridgehead atoms. The van der Waals surface area contributed by atoms with E-state index in [1.807, 2.05) is 4.90 Å². The summed E-state index contributed by atoms with van der Waals surface area (Å²) in [5, 5.41) is 9.71. The van der Waals surface area contributed by atoms with E-state index < -0.39 is 0 Å². The monoisotopic (exact) mass is 242 g/mol. The summed E-state index contributed by atoms with van der Waals surface area (Å²) in [5.74, 6) is 0.138. The summed E-state index contributed by atoms with van der Waals surface area (Å²) in [6.45, 7) is 2.50. The summed E-state index contributed by atoms with van der Waals surface area (Å²) in [7, 11) is 0. The van der Waals surface area contributed by atoms with Crippen LogP contribution in [0.5, 0.6) is 0 Å². The number of rotatable bonds is 2. The molecule has 2 saturated heterocycles. The zero-order valence-electron chi connectivity index (χ0n) is 10.2. The van der Waals surface area contributed by atoms with Gasteiger partial charge in [-0.05, 0) is 19.3 Å². The molecule has 2 aliphatic heterocycles. The molecule has 0 aromatic heterocycles. The summed E-state index contributed by atoms with van der Waals surface area (Å²) in [5.41, 5.74) is 5.20. The van der Waals surface area contributed by atoms with E-state index in [0.717, 1.165) is 32.4 Å². The van der Waals surface area contributed by atoms with Crippen molar-refractivity contribution in [3.05, 3.63) is 0 Å². The van der Waals surface area contributed by atoms with Gasteiger partial charge in [0.1, 0.15) is 0 Å². The molecule has 98 valence electrons. The third-order valence-corrected chi connectivity index (χ3v) is 3.85. The predicted molar refractivity (Wildman–Crippen MR) is 63.4 cm³/mol. The average Bonchev–Trinajstić information content (AvgIpc) is 2.30. The number of nitrogens with zero attached hydrogens (tertiary/aromatic N) is 1. The smallest absolute Gasteiger partial charge is 0.223 e. The van der Waals surface area contributed by atoms with Crippen LogP contribution >= 0.6 is 0 Å². The molecule has 0 aromatic carbocycles. The van der Waals surface area contributed by atoms with Gasteiger partial charge in [0.15, 0.2) is 0 Å². The number of carbonyl (C=O) groups excluding carboxylic acids is 1. The van der Waals surface area contributed by atoms with E-state index in [-0.39, 0.29) is 17.6 Å². The van der Waals surface area contributed by atoms with Gasteiger partial charge in [-0.3, -0.25) is 4.79 Å². The van der Waals surface area contributed by atoms with Crippen LogP contribution in [0.1, 0.15) is 32.1 Å². The lowest BCUT2D eigenvalue weighted by Crippen LogP contribution is -2.51. The number of likely N-dealkylation sites (tertiary alicyclic amines) is 1. The zero-order chi connectivity index (χ0) is 12.3. The maximum absolute atomic E-state index is 11.7. The molecule has 5 heteroatoms. The summed E-state index contributed by atoms with van der Waals surface area (Å²) in [4.78, 5) is 13.6. The summed E-state index contributed by atoms with van der Waals surface area (Å²) in [6.07, 6.45) is 3.30. The molecule has 0 unspecified atom stereocenters. The van der Waals surface area contributed by atoms with Crippen LogP contribution < -0.4 is 5.73 Å². The fraction of sp³-hybridized carbons (Fsp3) is 0.917. The molecule has 2 rings (SSSR count). The van der Waals surface area contributed by atoms with Gasteiger partial charge in [-0.15, -0.1) is 0 Å². The second-order valence-electron chi connectivity index (χ2n) is 5.10. The molecule has 1 amide bonds. The van der Waals surface area contributed by atoms with E-state index in [9.17, 15) is 9.90 Å². The van der Waals surface area contributed by atoms with Crippen molar-refractivity contribution in [1.29, 1.82) is 0 Å². The molecule has 0 aliphatic carbocycles. The van der Waals surface area contributed by atoms with E-state index in [4.69, 9.17) is 10.5 Å². The highest BCUT2D eigenvalue weighted by atomic mass is 16.5. The van der Waals surface area contributed by atoms with Crippen molar-refractivity contribution < 1.29 is 14.6 Å². The first kappa shape index (κ1) is 12.8. The molecule has 1 atom stereocenters. The summed E-state index contributed by atoms with van der Waals surface area (Å²) < 4.78 is 5.84. The lowest BCUT2D eigenvalue weighted by atomic mass is 9.83. The maximum atomic E-state index is 11.7. The Kier molecular flexibility index (Phi) is 4.01. The minimum Gasteiger partial charge on any atom is -0.393 e. The first-order chi connectivity index (χ1) is 8.15. The van der Waals surface area contributed by atoms with Crippen molar-refractivity contribution in [3.8, 4) is 0 Å². The molecule has 2 heterocycles. The number of piperidine rings is 1. The van der Waals surface area contributed by atoms with Crippen LogP contribution in [-0.2, 0) is 9.53 Å². The molecule has 1 spiro atoms. The second-order valence-corrected chi connectivity index (χ2v) is 5.10. The van der Waals surface area contributed by atoms with Gasteiger partial charge in [0.25, 0.3) is 0 Å². The van der Waals surface area contributed by atoms with Gasteiger partial charge >= 0.3 is 0 Å². The molecular formula is C12H22N2O3. The lowest BCUT2D eigenvalue weighted by Gasteiger charge is -2.45. The quantitative estimate of drug-likeness (QED) is 0.707. The predicted octanol–water partition coefficient (Wildman–Crippen LogP) is -0.132. The molecular weight excluding hydrogens is 220 g/mol. The minimum absolute atomic E-state index is 0.138. The van der Waals surface area contributed by atoms with Crippen LogP contribution in [-0.4, -0.2) is 53.9 Å². The van der Waals surface area contributed by atoms with Crippen LogP contribution in [0, 0.1) is 0 Å². The molecule has 17 heavy (non-hydrogen) atoms. The van der Waals surface area contributed by atoms with Crippen molar-refractivity contribution in [3.63, 3.8) is 0 Å². The summed E-state index contributed by atoms with van der Waals surface area (Å²) in [6, 6.07) is 0. The van der Waals surface area contributed by atoms with Crippen molar-refractivity contribution in [1.82, 2.24) is 4.90 Å². The Hall–Kier alpha value is -0.650. The number of carbonyl (C=O) groups is 1. The number of amides is 1. The van der Waals surface area contributed by atoms with Crippen LogP contribution in [0.15, 0.2) is 0 Å². The van der Waals surface area contributed by atoms with Gasteiger partial charge in [0.2, 0.25) is 5.91 Å². The van der Waals surface area contributed by atoms with Crippen molar-refractivity contribution >= 4 is 5.91 Å². The Morgan fingerprint density at radius 2 is 2.18 bits per heavy atom. The summed E-state index contributed by atoms with van der Waals surface area (Å²) >= 11 is 0. The van der Waals surface area contributed by atoms with Crippen molar-refractivity contribution in [2.24, 2.45) is 5.73 Å². The van der Waals surface area contributed by atoms with E-state index in [1.54, 1.807) is 0 Å². The van der Waals surface area contributed by atoms with Gasteiger partial charge in [-0.1, -0.05) is 0 Å². The first-order valence-corrected chi connectivity index (χ1v) is 6.45. The topological polar surface area (TPSA) is 75.8 Å². The number of ether oxygens (including phenoxy) is 1. The lowest BCUT2D eigenvalue weighted by molar-refractivity contribution is -0.153. The average molecular weight is 242 g/mol. The number of nitrogens with two attached hydrogens (primary N) is 1. The molecule has 5 nitrogen and oxygen atoms in total. The fourth-order valence-electron chi connectivity index (χ4n) is 2.80. The van der Waals surface area contributed by atoms with E-state index >= 15 is 0 Å². The highest BCUT2D eigenvalue weighted by molar-refractivity contribution is 5.76.